The van der Waals surface area contributed by atoms with Gasteiger partial charge in [-0.3, -0.25) is 9.59 Å². The highest BCUT2D eigenvalue weighted by Gasteiger charge is 2.30. The van der Waals surface area contributed by atoms with Crippen molar-refractivity contribution >= 4 is 11.8 Å². The van der Waals surface area contributed by atoms with Crippen LogP contribution in [0.25, 0.3) is 0 Å². The van der Waals surface area contributed by atoms with E-state index in [2.05, 4.69) is 10.6 Å². The van der Waals surface area contributed by atoms with Gasteiger partial charge in [0.15, 0.2) is 0 Å². The molecule has 2 aliphatic rings. The third-order valence-corrected chi connectivity index (χ3v) is 4.74. The van der Waals surface area contributed by atoms with Crippen molar-refractivity contribution in [3.05, 3.63) is 35.9 Å². The quantitative estimate of drug-likeness (QED) is 0.886. The molecule has 0 aliphatic carbocycles. The number of benzene rings is 1. The van der Waals surface area contributed by atoms with E-state index in [9.17, 15) is 9.59 Å². The first-order valence-corrected chi connectivity index (χ1v) is 8.59. The van der Waals surface area contributed by atoms with Crippen LogP contribution in [-0.4, -0.2) is 48.9 Å². The molecule has 23 heavy (non-hydrogen) atoms. The lowest BCUT2D eigenvalue weighted by atomic mass is 9.95. The second-order valence-corrected chi connectivity index (χ2v) is 6.51. The normalized spacial score (nSPS) is 25.0. The zero-order chi connectivity index (χ0) is 16.1. The number of amides is 2. The van der Waals surface area contributed by atoms with E-state index in [0.29, 0.717) is 12.1 Å². The summed E-state index contributed by atoms with van der Waals surface area (Å²) >= 11 is 0. The van der Waals surface area contributed by atoms with Gasteiger partial charge >= 0.3 is 0 Å². The van der Waals surface area contributed by atoms with Gasteiger partial charge in [-0.2, -0.15) is 0 Å². The van der Waals surface area contributed by atoms with Crippen molar-refractivity contribution in [2.45, 2.75) is 31.7 Å². The molecular formula is C18H25N3O2. The van der Waals surface area contributed by atoms with Crippen LogP contribution in [0.15, 0.2) is 30.3 Å². The van der Waals surface area contributed by atoms with Gasteiger partial charge in [0.05, 0.1) is 5.92 Å². The Kier molecular flexibility index (Phi) is 5.28. The molecule has 5 nitrogen and oxygen atoms in total. The molecule has 2 atom stereocenters. The molecule has 0 radical (unpaired) electrons. The molecule has 5 heteroatoms. The van der Waals surface area contributed by atoms with Gasteiger partial charge in [-0.25, -0.2) is 0 Å². The summed E-state index contributed by atoms with van der Waals surface area (Å²) in [5.74, 6) is 0.0463. The highest BCUT2D eigenvalue weighted by atomic mass is 16.2. The molecule has 0 bridgehead atoms. The van der Waals surface area contributed by atoms with Crippen molar-refractivity contribution in [1.29, 1.82) is 0 Å². The fourth-order valence-electron chi connectivity index (χ4n) is 3.43. The fraction of sp³-hybridized carbons (Fsp3) is 0.556. The van der Waals surface area contributed by atoms with E-state index in [1.807, 2.05) is 35.2 Å². The van der Waals surface area contributed by atoms with Crippen LogP contribution < -0.4 is 10.6 Å². The second-order valence-electron chi connectivity index (χ2n) is 6.51. The number of nitrogens with one attached hydrogen (secondary N) is 2. The summed E-state index contributed by atoms with van der Waals surface area (Å²) in [5.41, 5.74) is 0.699. The first-order chi connectivity index (χ1) is 11.2. The molecule has 2 unspecified atom stereocenters. The highest BCUT2D eigenvalue weighted by molar-refractivity contribution is 5.94. The van der Waals surface area contributed by atoms with Crippen LogP contribution in [0.4, 0.5) is 0 Å². The maximum atomic E-state index is 12.5. The van der Waals surface area contributed by atoms with Gasteiger partial charge in [0.25, 0.3) is 5.91 Å². The summed E-state index contributed by atoms with van der Waals surface area (Å²) in [5, 5.41) is 6.46. The van der Waals surface area contributed by atoms with Crippen LogP contribution in [0.5, 0.6) is 0 Å². The summed E-state index contributed by atoms with van der Waals surface area (Å²) in [4.78, 5) is 26.9. The monoisotopic (exact) mass is 315 g/mol. The molecule has 1 aromatic carbocycles. The van der Waals surface area contributed by atoms with Gasteiger partial charge in [-0.1, -0.05) is 18.2 Å². The summed E-state index contributed by atoms with van der Waals surface area (Å²) in [7, 11) is 0. The Morgan fingerprint density at radius 1 is 1.13 bits per heavy atom. The van der Waals surface area contributed by atoms with E-state index < -0.39 is 0 Å². The first-order valence-electron chi connectivity index (χ1n) is 8.59. The molecule has 3 rings (SSSR count). The summed E-state index contributed by atoms with van der Waals surface area (Å²) < 4.78 is 0. The standard InChI is InChI=1S/C18H25N3O2/c22-17(20-16-9-4-10-19-12-16)15-8-5-11-21(13-15)18(23)14-6-2-1-3-7-14/h1-3,6-7,15-16,19H,4-5,8-13H2,(H,20,22). The van der Waals surface area contributed by atoms with Crippen molar-refractivity contribution < 1.29 is 9.59 Å². The second kappa shape index (κ2) is 7.59. The van der Waals surface area contributed by atoms with Crippen molar-refractivity contribution in [3.63, 3.8) is 0 Å². The minimum atomic E-state index is -0.0849. The Hall–Kier alpha value is -1.88. The Morgan fingerprint density at radius 2 is 1.96 bits per heavy atom. The molecule has 2 saturated heterocycles. The average Bonchev–Trinajstić information content (AvgIpc) is 2.63. The summed E-state index contributed by atoms with van der Waals surface area (Å²) in [6.45, 7) is 3.16. The van der Waals surface area contributed by atoms with Crippen LogP contribution in [-0.2, 0) is 4.79 Å². The predicted molar refractivity (Wildman–Crippen MR) is 89.1 cm³/mol. The van der Waals surface area contributed by atoms with Crippen molar-refractivity contribution in [2.75, 3.05) is 26.2 Å². The van der Waals surface area contributed by atoms with Crippen LogP contribution in [0.1, 0.15) is 36.0 Å². The summed E-state index contributed by atoms with van der Waals surface area (Å²) in [6, 6.07) is 9.55. The molecule has 1 aromatic rings. The lowest BCUT2D eigenvalue weighted by Crippen LogP contribution is -2.51. The van der Waals surface area contributed by atoms with Gasteiger partial charge in [0, 0.05) is 31.2 Å². The van der Waals surface area contributed by atoms with E-state index in [1.165, 1.54) is 0 Å². The lowest BCUT2D eigenvalue weighted by Gasteiger charge is -2.33. The zero-order valence-corrected chi connectivity index (χ0v) is 13.5. The van der Waals surface area contributed by atoms with Crippen molar-refractivity contribution in [2.24, 2.45) is 5.92 Å². The van der Waals surface area contributed by atoms with Gasteiger partial charge in [-0.15, -0.1) is 0 Å². The van der Waals surface area contributed by atoms with Gasteiger partial charge in [0.1, 0.15) is 0 Å². The zero-order valence-electron chi connectivity index (χ0n) is 13.5. The van der Waals surface area contributed by atoms with Crippen LogP contribution in [0.2, 0.25) is 0 Å². The number of nitrogens with zero attached hydrogens (tertiary/aromatic N) is 1. The molecule has 2 heterocycles. The van der Waals surface area contributed by atoms with Crippen LogP contribution in [0, 0.1) is 5.92 Å². The minimum Gasteiger partial charge on any atom is -0.352 e. The highest BCUT2D eigenvalue weighted by Crippen LogP contribution is 2.19. The Morgan fingerprint density at radius 3 is 2.70 bits per heavy atom. The Labute approximate surface area is 137 Å². The van der Waals surface area contributed by atoms with Gasteiger partial charge in [-0.05, 0) is 44.4 Å². The van der Waals surface area contributed by atoms with E-state index >= 15 is 0 Å². The number of hydrogen-bond donors (Lipinski definition) is 2. The van der Waals surface area contributed by atoms with E-state index in [0.717, 1.165) is 45.3 Å². The minimum absolute atomic E-state index is 0.0300. The molecular weight excluding hydrogens is 290 g/mol. The molecule has 124 valence electrons. The largest absolute Gasteiger partial charge is 0.352 e. The number of rotatable bonds is 3. The third kappa shape index (κ3) is 4.10. The first kappa shape index (κ1) is 16.0. The number of carbonyl (C=O) groups excluding carboxylic acids is 2. The van der Waals surface area contributed by atoms with E-state index in [-0.39, 0.29) is 23.8 Å². The Bertz CT molecular complexity index is 540. The van der Waals surface area contributed by atoms with E-state index in [1.54, 1.807) is 0 Å². The van der Waals surface area contributed by atoms with Gasteiger partial charge in [0.2, 0.25) is 5.91 Å². The number of hydrogen-bond acceptors (Lipinski definition) is 3. The number of carbonyl (C=O) groups is 2. The Balaban J connectivity index is 1.57. The number of likely N-dealkylation sites (tertiary alicyclic amines) is 1. The molecule has 2 amide bonds. The maximum Gasteiger partial charge on any atom is 0.253 e. The van der Waals surface area contributed by atoms with Crippen molar-refractivity contribution in [1.82, 2.24) is 15.5 Å². The molecule has 0 saturated carbocycles. The summed E-state index contributed by atoms with van der Waals surface area (Å²) in [6.07, 6.45) is 3.90. The molecule has 2 fully saturated rings. The topological polar surface area (TPSA) is 61.4 Å². The van der Waals surface area contributed by atoms with E-state index in [4.69, 9.17) is 0 Å². The molecule has 2 aliphatic heterocycles. The number of piperidine rings is 2. The van der Waals surface area contributed by atoms with Crippen LogP contribution in [0.3, 0.4) is 0 Å². The third-order valence-electron chi connectivity index (χ3n) is 4.74. The maximum absolute atomic E-state index is 12.5. The SMILES string of the molecule is O=C(NC1CCCNC1)C1CCCN(C(=O)c2ccccc2)C1. The predicted octanol–water partition coefficient (Wildman–Crippen LogP) is 1.41. The molecule has 0 spiro atoms. The average molecular weight is 315 g/mol. The molecule has 0 aromatic heterocycles. The fourth-order valence-corrected chi connectivity index (χ4v) is 3.43. The van der Waals surface area contributed by atoms with Crippen LogP contribution >= 0.6 is 0 Å². The lowest BCUT2D eigenvalue weighted by molar-refractivity contribution is -0.127. The molecule has 2 N–H and O–H groups in total. The van der Waals surface area contributed by atoms with Gasteiger partial charge < -0.3 is 15.5 Å². The van der Waals surface area contributed by atoms with Crippen molar-refractivity contribution in [3.8, 4) is 0 Å². The smallest absolute Gasteiger partial charge is 0.253 e.